The van der Waals surface area contributed by atoms with Crippen molar-refractivity contribution in [2.75, 3.05) is 13.2 Å². The van der Waals surface area contributed by atoms with E-state index in [9.17, 15) is 21.6 Å². The van der Waals surface area contributed by atoms with E-state index in [4.69, 9.17) is 13.7 Å². The summed E-state index contributed by atoms with van der Waals surface area (Å²) in [6.45, 7) is 0.616. The lowest BCUT2D eigenvalue weighted by molar-refractivity contribution is -0.137. The molecule has 1 aliphatic rings. The zero-order valence-electron chi connectivity index (χ0n) is 12.0. The average molecular weight is 360 g/mol. The summed E-state index contributed by atoms with van der Waals surface area (Å²) in [6.07, 6.45) is -4.60. The quantitative estimate of drug-likeness (QED) is 0.787. The standard InChI is InChI=1S/C15H11F3O5S/c16-15(17,18)10-2-1-3-11(8-10)23-24(19,20)12-4-5-13-14(9-12)22-7-6-21-13/h1-5,8-9H,6-7H2. The van der Waals surface area contributed by atoms with Crippen LogP contribution < -0.4 is 13.7 Å². The maximum Gasteiger partial charge on any atom is 0.416 e. The number of benzene rings is 2. The van der Waals surface area contributed by atoms with Crippen molar-refractivity contribution in [1.29, 1.82) is 0 Å². The van der Waals surface area contributed by atoms with Crippen LogP contribution in [0.3, 0.4) is 0 Å². The van der Waals surface area contributed by atoms with Gasteiger partial charge in [-0.3, -0.25) is 0 Å². The summed E-state index contributed by atoms with van der Waals surface area (Å²) >= 11 is 0. The molecule has 0 aliphatic carbocycles. The first-order valence-corrected chi connectivity index (χ1v) is 8.18. The summed E-state index contributed by atoms with van der Waals surface area (Å²) in [5, 5.41) is 0. The van der Waals surface area contributed by atoms with Crippen LogP contribution in [0.1, 0.15) is 5.56 Å². The number of rotatable bonds is 3. The Morgan fingerprint density at radius 2 is 1.67 bits per heavy atom. The van der Waals surface area contributed by atoms with Gasteiger partial charge in [-0.05, 0) is 30.3 Å². The summed E-state index contributed by atoms with van der Waals surface area (Å²) in [7, 11) is -4.31. The molecule has 0 N–H and O–H groups in total. The number of ether oxygens (including phenoxy) is 2. The second-order valence-corrected chi connectivity index (χ2v) is 6.41. The van der Waals surface area contributed by atoms with Crippen molar-refractivity contribution in [3.8, 4) is 17.2 Å². The summed E-state index contributed by atoms with van der Waals surface area (Å²) in [5.41, 5.74) is -1.00. The summed E-state index contributed by atoms with van der Waals surface area (Å²) in [6, 6.07) is 7.48. The van der Waals surface area contributed by atoms with Gasteiger partial charge in [-0.2, -0.15) is 21.6 Å². The minimum atomic E-state index is -4.60. The Hall–Kier alpha value is -2.42. The van der Waals surface area contributed by atoms with Crippen molar-refractivity contribution >= 4 is 10.1 Å². The molecule has 0 aromatic heterocycles. The Bertz CT molecular complexity index is 862. The molecule has 1 aliphatic heterocycles. The van der Waals surface area contributed by atoms with Crippen LogP contribution in [0.4, 0.5) is 13.2 Å². The summed E-state index contributed by atoms with van der Waals surface area (Å²) in [4.78, 5) is -0.246. The number of halogens is 3. The van der Waals surface area contributed by atoms with Gasteiger partial charge in [0.2, 0.25) is 0 Å². The highest BCUT2D eigenvalue weighted by Crippen LogP contribution is 2.34. The predicted octanol–water partition coefficient (Wildman–Crippen LogP) is 3.24. The van der Waals surface area contributed by atoms with Gasteiger partial charge in [-0.15, -0.1) is 0 Å². The molecule has 0 bridgehead atoms. The minimum absolute atomic E-state index is 0.231. The Labute approximate surface area is 135 Å². The van der Waals surface area contributed by atoms with Gasteiger partial charge in [-0.25, -0.2) is 0 Å². The van der Waals surface area contributed by atoms with E-state index in [-0.39, 0.29) is 17.3 Å². The SMILES string of the molecule is O=S(=O)(Oc1cccc(C(F)(F)F)c1)c1ccc2c(c1)OCCO2. The van der Waals surface area contributed by atoms with Crippen LogP contribution >= 0.6 is 0 Å². The average Bonchev–Trinajstić information content (AvgIpc) is 2.53. The second kappa shape index (κ2) is 5.90. The van der Waals surface area contributed by atoms with E-state index in [1.165, 1.54) is 18.2 Å². The molecule has 2 aromatic rings. The highest BCUT2D eigenvalue weighted by molar-refractivity contribution is 7.87. The normalized spacial score (nSPS) is 14.3. The number of fused-ring (bicyclic) bond motifs is 1. The highest BCUT2D eigenvalue weighted by Gasteiger charge is 2.31. The zero-order valence-corrected chi connectivity index (χ0v) is 12.9. The van der Waals surface area contributed by atoms with Crippen molar-refractivity contribution in [3.05, 3.63) is 48.0 Å². The molecule has 0 atom stereocenters. The molecule has 9 heteroatoms. The van der Waals surface area contributed by atoms with E-state index in [1.54, 1.807) is 0 Å². The molecule has 1 heterocycles. The van der Waals surface area contributed by atoms with E-state index >= 15 is 0 Å². The van der Waals surface area contributed by atoms with E-state index in [0.29, 0.717) is 18.4 Å². The lowest BCUT2D eigenvalue weighted by atomic mass is 10.2. The highest BCUT2D eigenvalue weighted by atomic mass is 32.2. The third-order valence-corrected chi connectivity index (χ3v) is 4.41. The van der Waals surface area contributed by atoms with Crippen molar-refractivity contribution in [3.63, 3.8) is 0 Å². The Morgan fingerprint density at radius 3 is 2.38 bits per heavy atom. The van der Waals surface area contributed by atoms with Crippen molar-refractivity contribution in [1.82, 2.24) is 0 Å². The van der Waals surface area contributed by atoms with Gasteiger partial charge in [0.25, 0.3) is 0 Å². The van der Waals surface area contributed by atoms with Crippen LogP contribution in [0, 0.1) is 0 Å². The summed E-state index contributed by atoms with van der Waals surface area (Å²) in [5.74, 6) is 0.189. The van der Waals surface area contributed by atoms with Crippen LogP contribution in [0.15, 0.2) is 47.4 Å². The van der Waals surface area contributed by atoms with Gasteiger partial charge in [0, 0.05) is 6.07 Å². The Balaban J connectivity index is 1.89. The number of hydrogen-bond donors (Lipinski definition) is 0. The summed E-state index contributed by atoms with van der Waals surface area (Å²) < 4.78 is 77.9. The largest absolute Gasteiger partial charge is 0.486 e. The molecule has 2 aromatic carbocycles. The van der Waals surface area contributed by atoms with Crippen LogP contribution in [-0.2, 0) is 16.3 Å². The molecule has 3 rings (SSSR count). The van der Waals surface area contributed by atoms with E-state index < -0.39 is 27.6 Å². The van der Waals surface area contributed by atoms with Gasteiger partial charge in [0.1, 0.15) is 23.9 Å². The fourth-order valence-electron chi connectivity index (χ4n) is 2.08. The van der Waals surface area contributed by atoms with Crippen LogP contribution in [0.2, 0.25) is 0 Å². The van der Waals surface area contributed by atoms with Crippen molar-refractivity contribution in [2.45, 2.75) is 11.1 Å². The topological polar surface area (TPSA) is 61.8 Å². The first-order chi connectivity index (χ1) is 11.3. The number of hydrogen-bond acceptors (Lipinski definition) is 5. The fourth-order valence-corrected chi connectivity index (χ4v) is 3.02. The molecule has 0 saturated carbocycles. The third kappa shape index (κ3) is 3.40. The first kappa shape index (κ1) is 16.4. The monoisotopic (exact) mass is 360 g/mol. The van der Waals surface area contributed by atoms with Crippen molar-refractivity contribution < 1.29 is 35.2 Å². The molecular weight excluding hydrogens is 349 g/mol. The smallest absolute Gasteiger partial charge is 0.416 e. The molecule has 0 fully saturated rings. The van der Waals surface area contributed by atoms with Crippen LogP contribution in [0.5, 0.6) is 17.2 Å². The first-order valence-electron chi connectivity index (χ1n) is 6.77. The minimum Gasteiger partial charge on any atom is -0.486 e. The van der Waals surface area contributed by atoms with Gasteiger partial charge >= 0.3 is 16.3 Å². The van der Waals surface area contributed by atoms with Gasteiger partial charge < -0.3 is 13.7 Å². The van der Waals surface area contributed by atoms with Crippen molar-refractivity contribution in [2.24, 2.45) is 0 Å². The van der Waals surface area contributed by atoms with E-state index in [0.717, 1.165) is 18.2 Å². The molecule has 24 heavy (non-hydrogen) atoms. The molecule has 0 unspecified atom stereocenters. The second-order valence-electron chi connectivity index (χ2n) is 4.87. The van der Waals surface area contributed by atoms with Gasteiger partial charge in [-0.1, -0.05) is 6.07 Å². The molecule has 5 nitrogen and oxygen atoms in total. The molecule has 0 amide bonds. The van der Waals surface area contributed by atoms with Crippen LogP contribution in [-0.4, -0.2) is 21.6 Å². The molecule has 0 saturated heterocycles. The maximum absolute atomic E-state index is 12.7. The lowest BCUT2D eigenvalue weighted by Gasteiger charge is -2.18. The predicted molar refractivity (Wildman–Crippen MR) is 76.7 cm³/mol. The third-order valence-electron chi connectivity index (χ3n) is 3.17. The van der Waals surface area contributed by atoms with E-state index in [1.807, 2.05) is 0 Å². The van der Waals surface area contributed by atoms with E-state index in [2.05, 4.69) is 0 Å². The van der Waals surface area contributed by atoms with Gasteiger partial charge in [0.15, 0.2) is 11.5 Å². The molecule has 0 radical (unpaired) electrons. The molecular formula is C15H11F3O5S. The maximum atomic E-state index is 12.7. The van der Waals surface area contributed by atoms with Gasteiger partial charge in [0.05, 0.1) is 5.56 Å². The molecule has 128 valence electrons. The molecule has 0 spiro atoms. The fraction of sp³-hybridized carbons (Fsp3) is 0.200. The van der Waals surface area contributed by atoms with Crippen LogP contribution in [0.25, 0.3) is 0 Å². The number of alkyl halides is 3. The Kier molecular flexibility index (Phi) is 4.04. The lowest BCUT2D eigenvalue weighted by Crippen LogP contribution is -2.16. The zero-order chi connectivity index (χ0) is 17.4. The Morgan fingerprint density at radius 1 is 0.958 bits per heavy atom.